The number of nitrogens with zero attached hydrogens (tertiary/aromatic N) is 2. The molecule has 0 saturated carbocycles. The summed E-state index contributed by atoms with van der Waals surface area (Å²) in [6.07, 6.45) is 4.50. The molecule has 0 atom stereocenters. The zero-order valence-corrected chi connectivity index (χ0v) is 22.4. The summed E-state index contributed by atoms with van der Waals surface area (Å²) in [6.45, 7) is 4.48. The predicted octanol–water partition coefficient (Wildman–Crippen LogP) is 5.50. The Labute approximate surface area is 224 Å². The van der Waals surface area contributed by atoms with E-state index in [-0.39, 0.29) is 43.5 Å². The quantitative estimate of drug-likeness (QED) is 0.309. The van der Waals surface area contributed by atoms with Gasteiger partial charge in [0, 0.05) is 37.1 Å². The largest absolute Gasteiger partial charge is 0.334 e. The maximum atomic E-state index is 13.4. The summed E-state index contributed by atoms with van der Waals surface area (Å²) in [7, 11) is 0. The summed E-state index contributed by atoms with van der Waals surface area (Å²) in [5.74, 6) is -0.367. The van der Waals surface area contributed by atoms with E-state index < -0.39 is 0 Å². The van der Waals surface area contributed by atoms with Crippen LogP contribution < -0.4 is 5.32 Å². The molecule has 190 valence electrons. The monoisotopic (exact) mass is 532 g/mol. The highest BCUT2D eigenvalue weighted by molar-refractivity contribution is 7.73. The first-order valence-electron chi connectivity index (χ1n) is 12.0. The first kappa shape index (κ1) is 26.4. The number of carbonyl (C=O) groups excluding carboxylic acids is 3. The number of benzene rings is 2. The van der Waals surface area contributed by atoms with E-state index in [0.29, 0.717) is 26.7 Å². The first-order valence-corrected chi connectivity index (χ1v) is 13.2. The molecular weight excluding hydrogens is 504 g/mol. The molecule has 0 bridgehead atoms. The zero-order valence-electron chi connectivity index (χ0n) is 20.7. The molecular formula is C28H28N4O3S2. The fraction of sp³-hybridized carbons (Fsp3) is 0.250. The van der Waals surface area contributed by atoms with Crippen molar-refractivity contribution in [2.75, 3.05) is 18.4 Å². The van der Waals surface area contributed by atoms with Crippen molar-refractivity contribution in [1.29, 1.82) is 0 Å². The lowest BCUT2D eigenvalue weighted by atomic mass is 9.93. The molecule has 0 spiro atoms. The van der Waals surface area contributed by atoms with Gasteiger partial charge in [-0.25, -0.2) is 0 Å². The molecule has 9 heteroatoms. The molecule has 37 heavy (non-hydrogen) atoms. The Bertz CT molecular complexity index is 1380. The number of nitrogens with one attached hydrogen (secondary N) is 2. The minimum absolute atomic E-state index is 0.0483. The lowest BCUT2D eigenvalue weighted by Crippen LogP contribution is -2.41. The van der Waals surface area contributed by atoms with E-state index in [1.807, 2.05) is 74.5 Å². The molecule has 0 radical (unpaired) electrons. The van der Waals surface area contributed by atoms with Gasteiger partial charge in [-0.15, -0.1) is 5.10 Å². The summed E-state index contributed by atoms with van der Waals surface area (Å²) in [4.78, 5) is 40.5. The maximum absolute atomic E-state index is 13.4. The molecule has 1 fully saturated rings. The van der Waals surface area contributed by atoms with Gasteiger partial charge in [0.15, 0.2) is 9.74 Å². The van der Waals surface area contributed by atoms with Crippen LogP contribution in [0, 0.1) is 17.8 Å². The molecule has 1 saturated heterocycles. The highest BCUT2D eigenvalue weighted by atomic mass is 32.1. The van der Waals surface area contributed by atoms with Crippen LogP contribution >= 0.6 is 23.6 Å². The van der Waals surface area contributed by atoms with E-state index in [1.165, 1.54) is 11.3 Å². The Balaban J connectivity index is 1.49. The summed E-state index contributed by atoms with van der Waals surface area (Å²) in [6, 6.07) is 15.8. The van der Waals surface area contributed by atoms with Crippen LogP contribution in [0.3, 0.4) is 0 Å². The highest BCUT2D eigenvalue weighted by Gasteiger charge is 2.29. The van der Waals surface area contributed by atoms with Gasteiger partial charge in [-0.1, -0.05) is 71.0 Å². The van der Waals surface area contributed by atoms with Crippen LogP contribution in [0.4, 0.5) is 5.13 Å². The lowest BCUT2D eigenvalue weighted by molar-refractivity contribution is -0.131. The van der Waals surface area contributed by atoms with E-state index in [9.17, 15) is 14.4 Å². The number of likely N-dealkylation sites (tertiary alicyclic amines) is 1. The summed E-state index contributed by atoms with van der Waals surface area (Å²) >= 11 is 6.15. The normalized spacial score (nSPS) is 15.8. The van der Waals surface area contributed by atoms with Gasteiger partial charge < -0.3 is 10.2 Å². The van der Waals surface area contributed by atoms with E-state index in [0.717, 1.165) is 22.3 Å². The van der Waals surface area contributed by atoms with Crippen molar-refractivity contribution in [1.82, 2.24) is 15.1 Å². The van der Waals surface area contributed by atoms with E-state index in [4.69, 9.17) is 12.2 Å². The number of aromatic nitrogens is 2. The molecule has 2 N–H and O–H groups in total. The zero-order chi connectivity index (χ0) is 26.4. The molecule has 0 aliphatic carbocycles. The number of piperidine rings is 1. The predicted molar refractivity (Wildman–Crippen MR) is 150 cm³/mol. The molecule has 2 amide bonds. The van der Waals surface area contributed by atoms with Crippen LogP contribution in [-0.2, 0) is 14.4 Å². The van der Waals surface area contributed by atoms with Crippen molar-refractivity contribution in [3.8, 4) is 0 Å². The second-order valence-electron chi connectivity index (χ2n) is 9.07. The molecule has 1 aromatic heterocycles. The maximum Gasteiger partial charge on any atom is 0.226 e. The van der Waals surface area contributed by atoms with Crippen LogP contribution in [0.15, 0.2) is 59.7 Å². The number of rotatable bonds is 7. The Kier molecular flexibility index (Phi) is 8.58. The van der Waals surface area contributed by atoms with E-state index >= 15 is 0 Å². The number of carbonyl (C=O) groups is 3. The average molecular weight is 533 g/mol. The van der Waals surface area contributed by atoms with Crippen LogP contribution in [0.25, 0.3) is 12.2 Å². The topological polar surface area (TPSA) is 95.2 Å². The Morgan fingerprint density at radius 1 is 1.03 bits per heavy atom. The summed E-state index contributed by atoms with van der Waals surface area (Å²) in [5.41, 5.74) is 5.18. The molecule has 2 aromatic carbocycles. The third-order valence-corrected chi connectivity index (χ3v) is 6.91. The highest BCUT2D eigenvalue weighted by Crippen LogP contribution is 2.24. The second kappa shape index (κ2) is 12.0. The van der Waals surface area contributed by atoms with Gasteiger partial charge in [0.05, 0.1) is 0 Å². The molecule has 7 nitrogen and oxygen atoms in total. The Hall–Kier alpha value is -3.69. The SMILES string of the molecule is Cc1cccc(/C=C2\CN(C(=O)CCCC(=O)Nc3n[nH]c(=S)s3)C/C(=C\c3cccc(C)c3)C2=O)c1. The minimum atomic E-state index is -0.223. The van der Waals surface area contributed by atoms with Gasteiger partial charge in [0.1, 0.15) is 0 Å². The van der Waals surface area contributed by atoms with E-state index in [2.05, 4.69) is 15.5 Å². The Morgan fingerprint density at radius 2 is 1.62 bits per heavy atom. The first-order chi connectivity index (χ1) is 17.8. The van der Waals surface area contributed by atoms with Crippen molar-refractivity contribution in [3.63, 3.8) is 0 Å². The molecule has 2 heterocycles. The minimum Gasteiger partial charge on any atom is -0.334 e. The number of Topliss-reactive ketones (excluding diaryl/α,β-unsaturated/α-hetero) is 1. The fourth-order valence-corrected chi connectivity index (χ4v) is 4.97. The summed E-state index contributed by atoms with van der Waals surface area (Å²) in [5, 5.41) is 9.62. The van der Waals surface area contributed by atoms with Gasteiger partial charge in [-0.2, -0.15) is 0 Å². The number of hydrogen-bond donors (Lipinski definition) is 2. The van der Waals surface area contributed by atoms with Gasteiger partial charge in [0.2, 0.25) is 16.9 Å². The van der Waals surface area contributed by atoms with Crippen molar-refractivity contribution in [2.24, 2.45) is 0 Å². The van der Waals surface area contributed by atoms with Crippen molar-refractivity contribution in [3.05, 3.63) is 85.9 Å². The van der Waals surface area contributed by atoms with Crippen molar-refractivity contribution >= 4 is 58.4 Å². The number of aromatic amines is 1. The van der Waals surface area contributed by atoms with Crippen LogP contribution in [0.5, 0.6) is 0 Å². The number of anilines is 1. The molecule has 1 aliphatic heterocycles. The van der Waals surface area contributed by atoms with Crippen molar-refractivity contribution < 1.29 is 14.4 Å². The van der Waals surface area contributed by atoms with Gasteiger partial charge in [-0.05, 0) is 55.8 Å². The second-order valence-corrected chi connectivity index (χ2v) is 10.7. The standard InChI is InChI=1S/C28H28N4O3S2/c1-18-6-3-8-20(12-18)14-22-16-32(17-23(26(22)35)15-21-9-4-7-19(2)13-21)25(34)11-5-10-24(33)29-27-30-31-28(36)37-27/h3-4,6-9,12-15H,5,10-11,16-17H2,1-2H3,(H,31,36)(H,29,30,33)/b22-14+,23-15+. The average Bonchev–Trinajstić information content (AvgIpc) is 3.25. The fourth-order valence-electron chi connectivity index (χ4n) is 4.16. The molecule has 0 unspecified atom stereocenters. The molecule has 3 aromatic rings. The number of hydrogen-bond acceptors (Lipinski definition) is 6. The Morgan fingerprint density at radius 3 is 2.14 bits per heavy atom. The third kappa shape index (κ3) is 7.41. The van der Waals surface area contributed by atoms with E-state index in [1.54, 1.807) is 4.90 Å². The van der Waals surface area contributed by atoms with Gasteiger partial charge >= 0.3 is 0 Å². The number of H-pyrrole nitrogens is 1. The van der Waals surface area contributed by atoms with Gasteiger partial charge in [-0.3, -0.25) is 19.5 Å². The number of amides is 2. The van der Waals surface area contributed by atoms with Crippen LogP contribution in [0.1, 0.15) is 41.5 Å². The number of ketones is 1. The number of aryl methyl sites for hydroxylation is 2. The van der Waals surface area contributed by atoms with Crippen molar-refractivity contribution in [2.45, 2.75) is 33.1 Å². The van der Waals surface area contributed by atoms with Gasteiger partial charge in [0.25, 0.3) is 0 Å². The summed E-state index contributed by atoms with van der Waals surface area (Å²) < 4.78 is 0.481. The van der Waals surface area contributed by atoms with Crippen LogP contribution in [-0.4, -0.2) is 45.8 Å². The third-order valence-electron chi connectivity index (χ3n) is 5.90. The lowest BCUT2D eigenvalue weighted by Gasteiger charge is -2.30. The molecule has 1 aliphatic rings. The van der Waals surface area contributed by atoms with Crippen LogP contribution in [0.2, 0.25) is 0 Å². The smallest absolute Gasteiger partial charge is 0.226 e. The molecule has 4 rings (SSSR count).